The summed E-state index contributed by atoms with van der Waals surface area (Å²) in [7, 11) is 0. The number of nitrogens with one attached hydrogen (secondary N) is 1. The van der Waals surface area contributed by atoms with E-state index in [9.17, 15) is 0 Å². The van der Waals surface area contributed by atoms with Gasteiger partial charge in [0.15, 0.2) is 0 Å². The number of fused-ring (bicyclic) bond motifs is 1. The van der Waals surface area contributed by atoms with Gasteiger partial charge in [-0.25, -0.2) is 0 Å². The Morgan fingerprint density at radius 1 is 0.889 bits per heavy atom. The first-order valence-corrected chi connectivity index (χ1v) is 6.04. The van der Waals surface area contributed by atoms with Crippen LogP contribution in [0.1, 0.15) is 11.1 Å². The Hall–Kier alpha value is -2.35. The van der Waals surface area contributed by atoms with E-state index in [1.807, 2.05) is 30.6 Å². The van der Waals surface area contributed by atoms with Gasteiger partial charge in [-0.2, -0.15) is 0 Å². The van der Waals surface area contributed by atoms with Crippen LogP contribution in [-0.4, -0.2) is 6.21 Å². The van der Waals surface area contributed by atoms with Gasteiger partial charge in [0.05, 0.1) is 5.70 Å². The first kappa shape index (κ1) is 10.8. The summed E-state index contributed by atoms with van der Waals surface area (Å²) in [6.45, 7) is 0. The molecule has 0 aliphatic carbocycles. The second kappa shape index (κ2) is 4.88. The van der Waals surface area contributed by atoms with Crippen LogP contribution in [-0.2, 0) is 6.42 Å². The van der Waals surface area contributed by atoms with Gasteiger partial charge in [-0.1, -0.05) is 48.5 Å². The van der Waals surface area contributed by atoms with Crippen molar-refractivity contribution in [2.75, 3.05) is 5.32 Å². The van der Waals surface area contributed by atoms with Crippen LogP contribution in [0, 0.1) is 0 Å². The van der Waals surface area contributed by atoms with E-state index in [-0.39, 0.29) is 0 Å². The van der Waals surface area contributed by atoms with E-state index in [0.29, 0.717) is 0 Å². The molecule has 1 aliphatic rings. The SMILES string of the molecule is C1=NC(Cc2ccccc2)=CNc2ccccc21. The maximum absolute atomic E-state index is 4.53. The van der Waals surface area contributed by atoms with Crippen LogP contribution < -0.4 is 5.32 Å². The first-order chi connectivity index (χ1) is 8.92. The molecule has 1 N–H and O–H groups in total. The monoisotopic (exact) mass is 234 g/mol. The molecule has 1 aliphatic heterocycles. The van der Waals surface area contributed by atoms with Gasteiger partial charge in [-0.15, -0.1) is 0 Å². The Morgan fingerprint density at radius 2 is 1.67 bits per heavy atom. The molecule has 2 aromatic carbocycles. The number of aliphatic imine (C=N–C) groups is 1. The summed E-state index contributed by atoms with van der Waals surface area (Å²) in [5.74, 6) is 0. The van der Waals surface area contributed by atoms with Gasteiger partial charge in [0.25, 0.3) is 0 Å². The number of para-hydroxylation sites is 1. The summed E-state index contributed by atoms with van der Waals surface area (Å²) in [5.41, 5.74) is 4.53. The van der Waals surface area contributed by atoms with Crippen molar-refractivity contribution in [3.05, 3.63) is 77.6 Å². The molecule has 2 heteroatoms. The van der Waals surface area contributed by atoms with Crippen molar-refractivity contribution in [2.24, 2.45) is 4.99 Å². The third-order valence-electron chi connectivity index (χ3n) is 2.95. The fraction of sp³-hybridized carbons (Fsp3) is 0.0625. The fourth-order valence-corrected chi connectivity index (χ4v) is 1.99. The Bertz CT molecular complexity index is 598. The van der Waals surface area contributed by atoms with Crippen molar-refractivity contribution in [3.63, 3.8) is 0 Å². The molecule has 1 heterocycles. The van der Waals surface area contributed by atoms with Gasteiger partial charge in [-0.3, -0.25) is 4.99 Å². The lowest BCUT2D eigenvalue weighted by atomic mass is 10.1. The van der Waals surface area contributed by atoms with E-state index in [1.54, 1.807) is 0 Å². The van der Waals surface area contributed by atoms with Crippen LogP contribution in [0.4, 0.5) is 5.69 Å². The molecule has 2 nitrogen and oxygen atoms in total. The highest BCUT2D eigenvalue weighted by molar-refractivity contribution is 5.89. The third kappa shape index (κ3) is 2.33. The molecule has 0 radical (unpaired) electrons. The summed E-state index contributed by atoms with van der Waals surface area (Å²) >= 11 is 0. The number of benzene rings is 2. The predicted octanol–water partition coefficient (Wildman–Crippen LogP) is 3.62. The number of allylic oxidation sites excluding steroid dienone is 1. The van der Waals surface area contributed by atoms with Crippen LogP contribution in [0.3, 0.4) is 0 Å². The number of hydrogen-bond acceptors (Lipinski definition) is 2. The Morgan fingerprint density at radius 3 is 2.56 bits per heavy atom. The van der Waals surface area contributed by atoms with Gasteiger partial charge in [-0.05, 0) is 11.6 Å². The summed E-state index contributed by atoms with van der Waals surface area (Å²) < 4.78 is 0. The molecular weight excluding hydrogens is 220 g/mol. The van der Waals surface area contributed by atoms with Gasteiger partial charge < -0.3 is 5.32 Å². The predicted molar refractivity (Wildman–Crippen MR) is 75.9 cm³/mol. The summed E-state index contributed by atoms with van der Waals surface area (Å²) in [6.07, 6.45) is 4.75. The van der Waals surface area contributed by atoms with Crippen molar-refractivity contribution in [1.82, 2.24) is 0 Å². The van der Waals surface area contributed by atoms with Crippen molar-refractivity contribution < 1.29 is 0 Å². The van der Waals surface area contributed by atoms with Gasteiger partial charge in [0.2, 0.25) is 0 Å². The molecule has 0 amide bonds. The molecule has 0 saturated carbocycles. The number of rotatable bonds is 2. The van der Waals surface area contributed by atoms with Crippen molar-refractivity contribution in [2.45, 2.75) is 6.42 Å². The standard InChI is InChI=1S/C16H14N2/c1-2-6-13(7-3-1)10-15-12-18-16-9-5-4-8-14(16)11-17-15/h1-9,11-12,18H,10H2. The molecule has 2 aromatic rings. The lowest BCUT2D eigenvalue weighted by Crippen LogP contribution is -1.92. The van der Waals surface area contributed by atoms with Crippen molar-refractivity contribution >= 4 is 11.9 Å². The quantitative estimate of drug-likeness (QED) is 0.843. The molecule has 18 heavy (non-hydrogen) atoms. The van der Waals surface area contributed by atoms with Crippen molar-refractivity contribution in [3.8, 4) is 0 Å². The molecule has 0 spiro atoms. The smallest absolute Gasteiger partial charge is 0.0607 e. The second-order valence-electron chi connectivity index (χ2n) is 4.29. The molecule has 0 saturated heterocycles. The Labute approximate surface area is 107 Å². The molecule has 3 rings (SSSR count). The summed E-state index contributed by atoms with van der Waals surface area (Å²) in [4.78, 5) is 4.53. The van der Waals surface area contributed by atoms with Crippen LogP contribution >= 0.6 is 0 Å². The molecule has 0 atom stereocenters. The minimum Gasteiger partial charge on any atom is -0.359 e. The number of hydrogen-bond donors (Lipinski definition) is 1. The number of nitrogens with zero attached hydrogens (tertiary/aromatic N) is 1. The maximum atomic E-state index is 4.53. The van der Waals surface area contributed by atoms with Crippen LogP contribution in [0.2, 0.25) is 0 Å². The van der Waals surface area contributed by atoms with Gasteiger partial charge in [0.1, 0.15) is 0 Å². The largest absolute Gasteiger partial charge is 0.359 e. The molecule has 88 valence electrons. The summed E-state index contributed by atoms with van der Waals surface area (Å²) in [6, 6.07) is 18.5. The van der Waals surface area contributed by atoms with E-state index in [1.165, 1.54) is 5.56 Å². The zero-order chi connectivity index (χ0) is 12.2. The van der Waals surface area contributed by atoms with Crippen LogP contribution in [0.5, 0.6) is 0 Å². The highest BCUT2D eigenvalue weighted by Gasteiger charge is 2.04. The molecular formula is C16H14N2. The Balaban J connectivity index is 1.83. The van der Waals surface area contributed by atoms with Crippen LogP contribution in [0.25, 0.3) is 0 Å². The second-order valence-corrected chi connectivity index (χ2v) is 4.29. The highest BCUT2D eigenvalue weighted by atomic mass is 14.9. The average molecular weight is 234 g/mol. The van der Waals surface area contributed by atoms with Gasteiger partial charge >= 0.3 is 0 Å². The molecule has 0 fully saturated rings. The van der Waals surface area contributed by atoms with E-state index < -0.39 is 0 Å². The van der Waals surface area contributed by atoms with E-state index in [0.717, 1.165) is 23.4 Å². The summed E-state index contributed by atoms with van der Waals surface area (Å²) in [5, 5.41) is 3.31. The third-order valence-corrected chi connectivity index (χ3v) is 2.95. The Kier molecular flexibility index (Phi) is 2.92. The zero-order valence-electron chi connectivity index (χ0n) is 10.0. The topological polar surface area (TPSA) is 24.4 Å². The van der Waals surface area contributed by atoms with E-state index in [2.05, 4.69) is 46.7 Å². The molecule has 0 bridgehead atoms. The lowest BCUT2D eigenvalue weighted by molar-refractivity contribution is 1.11. The van der Waals surface area contributed by atoms with E-state index in [4.69, 9.17) is 0 Å². The first-order valence-electron chi connectivity index (χ1n) is 6.04. The lowest BCUT2D eigenvalue weighted by Gasteiger charge is -2.03. The van der Waals surface area contributed by atoms with Gasteiger partial charge in [0, 0.05) is 30.1 Å². The highest BCUT2D eigenvalue weighted by Crippen LogP contribution is 2.18. The molecule has 0 unspecified atom stereocenters. The fourth-order valence-electron chi connectivity index (χ4n) is 1.99. The minimum absolute atomic E-state index is 0.846. The average Bonchev–Trinajstić information content (AvgIpc) is 2.63. The van der Waals surface area contributed by atoms with Crippen LogP contribution in [0.15, 0.2) is 71.5 Å². The van der Waals surface area contributed by atoms with Crippen molar-refractivity contribution in [1.29, 1.82) is 0 Å². The minimum atomic E-state index is 0.846. The number of anilines is 1. The maximum Gasteiger partial charge on any atom is 0.0607 e. The van der Waals surface area contributed by atoms with E-state index >= 15 is 0 Å². The zero-order valence-corrected chi connectivity index (χ0v) is 10.0. The molecule has 0 aromatic heterocycles. The normalized spacial score (nSPS) is 13.2.